The van der Waals surface area contributed by atoms with Gasteiger partial charge >= 0.3 is 0 Å². The summed E-state index contributed by atoms with van der Waals surface area (Å²) in [5.74, 6) is 0.465. The van der Waals surface area contributed by atoms with Crippen LogP contribution in [-0.4, -0.2) is 6.04 Å². The maximum absolute atomic E-state index is 6.20. The first-order valence-corrected chi connectivity index (χ1v) is 9.14. The predicted octanol–water partition coefficient (Wildman–Crippen LogP) is 6.20. The summed E-state index contributed by atoms with van der Waals surface area (Å²) in [5, 5.41) is 7.30. The minimum atomic E-state index is 0. The van der Waals surface area contributed by atoms with Gasteiger partial charge in [0.25, 0.3) is 0 Å². The van der Waals surface area contributed by atoms with Crippen molar-refractivity contribution in [2.45, 2.75) is 43.7 Å². The van der Waals surface area contributed by atoms with Gasteiger partial charge in [0.15, 0.2) is 0 Å². The Balaban J connectivity index is 0.00000144. The van der Waals surface area contributed by atoms with E-state index in [1.54, 1.807) is 0 Å². The monoisotopic (exact) mass is 373 g/mol. The van der Waals surface area contributed by atoms with Crippen molar-refractivity contribution in [2.24, 2.45) is 0 Å². The number of hydrogen-bond donors (Lipinski definition) is 1. The van der Waals surface area contributed by atoms with Gasteiger partial charge in [-0.2, -0.15) is 0 Å². The maximum Gasteiger partial charge on any atom is 0.0595 e. The molecule has 0 aliphatic heterocycles. The minimum Gasteiger partial charge on any atom is -0.307 e. The molecule has 1 saturated carbocycles. The van der Waals surface area contributed by atoms with Crippen LogP contribution in [0.25, 0.3) is 0 Å². The molecule has 1 aromatic heterocycles. The zero-order valence-corrected chi connectivity index (χ0v) is 15.2. The highest BCUT2D eigenvalue weighted by molar-refractivity contribution is 7.10. The molecule has 4 rings (SSSR count). The number of nitrogens with one attached hydrogen (secondary N) is 1. The Labute approximate surface area is 151 Å². The fourth-order valence-corrected chi connectivity index (χ4v) is 4.71. The number of hydrogen-bond acceptors (Lipinski definition) is 2. The zero-order chi connectivity index (χ0) is 14.4. The van der Waals surface area contributed by atoms with Crippen LogP contribution in [0.15, 0.2) is 29.6 Å². The van der Waals surface area contributed by atoms with Gasteiger partial charge in [0.1, 0.15) is 0 Å². The summed E-state index contributed by atoms with van der Waals surface area (Å²) in [4.78, 5) is 1.50. The Bertz CT molecular complexity index is 666. The molecule has 0 radical (unpaired) electrons. The topological polar surface area (TPSA) is 12.0 Å². The van der Waals surface area contributed by atoms with Gasteiger partial charge in [-0.25, -0.2) is 0 Å². The van der Waals surface area contributed by atoms with Crippen molar-refractivity contribution in [3.05, 3.63) is 55.7 Å². The lowest BCUT2D eigenvalue weighted by Gasteiger charge is -2.30. The molecule has 0 bridgehead atoms. The predicted molar refractivity (Wildman–Crippen MR) is 98.0 cm³/mol. The van der Waals surface area contributed by atoms with E-state index < -0.39 is 0 Å². The average molecular weight is 375 g/mol. The van der Waals surface area contributed by atoms with Gasteiger partial charge in [0, 0.05) is 22.9 Å². The molecule has 118 valence electrons. The van der Waals surface area contributed by atoms with Gasteiger partial charge < -0.3 is 5.32 Å². The van der Waals surface area contributed by atoms with Crippen molar-refractivity contribution in [3.8, 4) is 0 Å². The maximum atomic E-state index is 6.20. The van der Waals surface area contributed by atoms with E-state index in [9.17, 15) is 0 Å². The number of rotatable bonds is 3. The lowest BCUT2D eigenvalue weighted by molar-refractivity contribution is 0.443. The first kappa shape index (κ1) is 16.6. The third-order valence-electron chi connectivity index (χ3n) is 4.52. The highest BCUT2D eigenvalue weighted by Crippen LogP contribution is 2.45. The largest absolute Gasteiger partial charge is 0.307 e. The van der Waals surface area contributed by atoms with Gasteiger partial charge in [-0.1, -0.05) is 29.3 Å². The fraction of sp³-hybridized carbons (Fsp3) is 0.412. The highest BCUT2D eigenvalue weighted by Gasteiger charge is 2.33. The summed E-state index contributed by atoms with van der Waals surface area (Å²) in [5.41, 5.74) is 2.78. The summed E-state index contributed by atoms with van der Waals surface area (Å²) >= 11 is 14.1. The van der Waals surface area contributed by atoms with E-state index in [-0.39, 0.29) is 12.4 Å². The molecule has 5 heteroatoms. The lowest BCUT2D eigenvalue weighted by Crippen LogP contribution is -2.27. The van der Waals surface area contributed by atoms with Crippen molar-refractivity contribution in [3.63, 3.8) is 0 Å². The number of benzene rings is 1. The Hall–Kier alpha value is -0.250. The molecule has 2 aliphatic carbocycles. The van der Waals surface area contributed by atoms with E-state index in [1.807, 2.05) is 23.5 Å². The quantitative estimate of drug-likeness (QED) is 0.675. The molecule has 1 heterocycles. The SMILES string of the molecule is Cl.Clc1ccc(C2CCC(NC3CC3)c3ccsc32)cc1Cl. The van der Waals surface area contributed by atoms with Crippen molar-refractivity contribution >= 4 is 46.9 Å². The van der Waals surface area contributed by atoms with Crippen molar-refractivity contribution < 1.29 is 0 Å². The molecule has 0 saturated heterocycles. The molecule has 2 aliphatic rings. The van der Waals surface area contributed by atoms with Crippen LogP contribution in [0.5, 0.6) is 0 Å². The fourth-order valence-electron chi connectivity index (χ4n) is 3.28. The van der Waals surface area contributed by atoms with Crippen LogP contribution in [0.3, 0.4) is 0 Å². The minimum absolute atomic E-state index is 0. The van der Waals surface area contributed by atoms with E-state index in [1.165, 1.54) is 41.7 Å². The third-order valence-corrected chi connectivity index (χ3v) is 6.31. The van der Waals surface area contributed by atoms with Gasteiger partial charge in [-0.05, 0) is 60.4 Å². The van der Waals surface area contributed by atoms with Crippen molar-refractivity contribution in [1.29, 1.82) is 0 Å². The second-order valence-corrected chi connectivity index (χ2v) is 7.80. The Kier molecular flexibility index (Phi) is 5.06. The molecule has 1 N–H and O–H groups in total. The number of thiophene rings is 1. The van der Waals surface area contributed by atoms with Crippen molar-refractivity contribution in [1.82, 2.24) is 5.32 Å². The van der Waals surface area contributed by atoms with Crippen LogP contribution in [-0.2, 0) is 0 Å². The van der Waals surface area contributed by atoms with Crippen molar-refractivity contribution in [2.75, 3.05) is 0 Å². The second kappa shape index (κ2) is 6.70. The normalized spacial score (nSPS) is 23.7. The molecule has 2 aromatic rings. The summed E-state index contributed by atoms with van der Waals surface area (Å²) in [6.07, 6.45) is 5.05. The first-order valence-electron chi connectivity index (χ1n) is 7.50. The van der Waals surface area contributed by atoms with Gasteiger partial charge in [-0.15, -0.1) is 23.7 Å². The van der Waals surface area contributed by atoms with Gasteiger partial charge in [0.2, 0.25) is 0 Å². The van der Waals surface area contributed by atoms with E-state index >= 15 is 0 Å². The summed E-state index contributed by atoms with van der Waals surface area (Å²) in [6, 6.07) is 9.66. The molecule has 22 heavy (non-hydrogen) atoms. The smallest absolute Gasteiger partial charge is 0.0595 e. The number of halogens is 3. The Morgan fingerprint density at radius 2 is 1.82 bits per heavy atom. The molecular weight excluding hydrogens is 357 g/mol. The highest BCUT2D eigenvalue weighted by atomic mass is 35.5. The molecule has 1 fully saturated rings. The molecular formula is C17H18Cl3NS. The van der Waals surface area contributed by atoms with Gasteiger partial charge in [0.05, 0.1) is 10.0 Å². The molecule has 1 aromatic carbocycles. The zero-order valence-electron chi connectivity index (χ0n) is 12.0. The van der Waals surface area contributed by atoms with Crippen LogP contribution >= 0.6 is 46.9 Å². The molecule has 0 amide bonds. The Morgan fingerprint density at radius 1 is 1.00 bits per heavy atom. The standard InChI is InChI=1S/C17H17Cl2NS.ClH/c18-14-5-1-10(9-15(14)19)12-4-6-16(20-11-2-3-11)13-7-8-21-17(12)13;/h1,5,7-9,11-12,16,20H,2-4,6H2;1H. The van der Waals surface area contributed by atoms with Crippen LogP contribution in [0.1, 0.15) is 53.6 Å². The van der Waals surface area contributed by atoms with Crippen LogP contribution in [0, 0.1) is 0 Å². The van der Waals surface area contributed by atoms with E-state index in [2.05, 4.69) is 22.8 Å². The Morgan fingerprint density at radius 3 is 2.55 bits per heavy atom. The first-order chi connectivity index (χ1) is 10.2. The molecule has 2 atom stereocenters. The molecule has 1 nitrogen and oxygen atoms in total. The van der Waals surface area contributed by atoms with E-state index in [0.29, 0.717) is 22.0 Å². The summed E-state index contributed by atoms with van der Waals surface area (Å²) < 4.78 is 0. The van der Waals surface area contributed by atoms with Crippen LogP contribution < -0.4 is 5.32 Å². The van der Waals surface area contributed by atoms with Crippen LogP contribution in [0.2, 0.25) is 10.0 Å². The lowest BCUT2D eigenvalue weighted by atomic mass is 9.82. The molecule has 0 spiro atoms. The van der Waals surface area contributed by atoms with Gasteiger partial charge in [-0.3, -0.25) is 0 Å². The summed E-state index contributed by atoms with van der Waals surface area (Å²) in [6.45, 7) is 0. The van der Waals surface area contributed by atoms with Crippen LogP contribution in [0.4, 0.5) is 0 Å². The second-order valence-electron chi connectivity index (χ2n) is 6.04. The van der Waals surface area contributed by atoms with E-state index in [0.717, 1.165) is 6.04 Å². The number of fused-ring (bicyclic) bond motifs is 1. The van der Waals surface area contributed by atoms with E-state index in [4.69, 9.17) is 23.2 Å². The average Bonchev–Trinajstić information content (AvgIpc) is 3.15. The molecule has 2 unspecified atom stereocenters. The third kappa shape index (κ3) is 3.18. The summed E-state index contributed by atoms with van der Waals surface area (Å²) in [7, 11) is 0.